The molecule has 0 bridgehead atoms. The van der Waals surface area contributed by atoms with Crippen LogP contribution in [0.4, 0.5) is 0 Å². The Kier molecular flexibility index (Phi) is 5.24. The first kappa shape index (κ1) is 13.9. The highest BCUT2D eigenvalue weighted by atomic mass is 15.2. The van der Waals surface area contributed by atoms with Gasteiger partial charge >= 0.3 is 0 Å². The number of nitrogens with one attached hydrogen (secondary N) is 1. The molecule has 2 rings (SSSR count). The summed E-state index contributed by atoms with van der Waals surface area (Å²) in [6.07, 6.45) is 12.6. The predicted octanol–water partition coefficient (Wildman–Crippen LogP) is 1.59. The van der Waals surface area contributed by atoms with Crippen LogP contribution in [-0.4, -0.2) is 28.3 Å². The smallest absolute Gasteiger partial charge is 0.188 e. The maximum atomic E-state index is 5.94. The minimum absolute atomic E-state index is 0.518. The van der Waals surface area contributed by atoms with Crippen LogP contribution in [-0.2, 0) is 13.5 Å². The molecule has 5 heteroatoms. The summed E-state index contributed by atoms with van der Waals surface area (Å²) in [7, 11) is 1.93. The Morgan fingerprint density at radius 1 is 1.42 bits per heavy atom. The standard InChI is InChI=1S/C14H25N5/c1-19-11-12(10-17-19)8-9-16-14(15)18-13-6-4-2-3-5-7-13/h10-11,13H,2-9H2,1H3,(H3,15,16,18). The highest BCUT2D eigenvalue weighted by Gasteiger charge is 2.12. The highest BCUT2D eigenvalue weighted by Crippen LogP contribution is 2.16. The number of hydrogen-bond acceptors (Lipinski definition) is 2. The number of aliphatic imine (C=N–C) groups is 1. The van der Waals surface area contributed by atoms with Crippen LogP contribution in [0.15, 0.2) is 17.4 Å². The van der Waals surface area contributed by atoms with Crippen molar-refractivity contribution in [1.29, 1.82) is 0 Å². The molecule has 1 saturated carbocycles. The van der Waals surface area contributed by atoms with E-state index in [1.54, 1.807) is 0 Å². The third-order valence-corrected chi connectivity index (χ3v) is 3.65. The number of aryl methyl sites for hydroxylation is 1. The van der Waals surface area contributed by atoms with E-state index in [0.717, 1.165) is 13.0 Å². The first-order chi connectivity index (χ1) is 9.24. The quantitative estimate of drug-likeness (QED) is 0.492. The second-order valence-corrected chi connectivity index (χ2v) is 5.37. The van der Waals surface area contributed by atoms with E-state index in [4.69, 9.17) is 5.73 Å². The second-order valence-electron chi connectivity index (χ2n) is 5.37. The van der Waals surface area contributed by atoms with Gasteiger partial charge in [-0.2, -0.15) is 5.10 Å². The van der Waals surface area contributed by atoms with Gasteiger partial charge in [0.05, 0.1) is 6.20 Å². The zero-order chi connectivity index (χ0) is 13.5. The fourth-order valence-electron chi connectivity index (χ4n) is 2.58. The molecular weight excluding hydrogens is 238 g/mol. The van der Waals surface area contributed by atoms with Crippen molar-refractivity contribution >= 4 is 5.96 Å². The maximum Gasteiger partial charge on any atom is 0.188 e. The molecule has 0 aromatic carbocycles. The lowest BCUT2D eigenvalue weighted by Crippen LogP contribution is -2.40. The molecule has 0 unspecified atom stereocenters. The number of aromatic nitrogens is 2. The Morgan fingerprint density at radius 2 is 2.16 bits per heavy atom. The zero-order valence-electron chi connectivity index (χ0n) is 11.8. The highest BCUT2D eigenvalue weighted by molar-refractivity contribution is 5.78. The summed E-state index contributed by atoms with van der Waals surface area (Å²) in [6.45, 7) is 0.719. The molecule has 0 radical (unpaired) electrons. The van der Waals surface area contributed by atoms with Gasteiger partial charge in [-0.15, -0.1) is 0 Å². The fourth-order valence-corrected chi connectivity index (χ4v) is 2.58. The van der Waals surface area contributed by atoms with Gasteiger partial charge in [-0.3, -0.25) is 9.67 Å². The van der Waals surface area contributed by atoms with E-state index in [9.17, 15) is 0 Å². The van der Waals surface area contributed by atoms with Crippen molar-refractivity contribution in [2.45, 2.75) is 51.0 Å². The Hall–Kier alpha value is -1.52. The largest absolute Gasteiger partial charge is 0.370 e. The minimum Gasteiger partial charge on any atom is -0.370 e. The lowest BCUT2D eigenvalue weighted by atomic mass is 10.1. The molecule has 1 fully saturated rings. The molecule has 0 atom stereocenters. The maximum absolute atomic E-state index is 5.94. The van der Waals surface area contributed by atoms with Crippen molar-refractivity contribution in [2.24, 2.45) is 17.8 Å². The summed E-state index contributed by atoms with van der Waals surface area (Å²) in [5, 5.41) is 7.50. The van der Waals surface area contributed by atoms with Crippen LogP contribution in [0, 0.1) is 0 Å². The van der Waals surface area contributed by atoms with Gasteiger partial charge in [-0.05, 0) is 24.8 Å². The average molecular weight is 263 g/mol. The lowest BCUT2D eigenvalue weighted by molar-refractivity contribution is 0.530. The third kappa shape index (κ3) is 4.93. The van der Waals surface area contributed by atoms with Gasteiger partial charge in [0.15, 0.2) is 5.96 Å². The first-order valence-corrected chi connectivity index (χ1v) is 7.28. The molecular formula is C14H25N5. The number of hydrogen-bond donors (Lipinski definition) is 2. The molecule has 106 valence electrons. The van der Waals surface area contributed by atoms with E-state index in [0.29, 0.717) is 12.0 Å². The van der Waals surface area contributed by atoms with Crippen LogP contribution >= 0.6 is 0 Å². The van der Waals surface area contributed by atoms with Crippen LogP contribution in [0.3, 0.4) is 0 Å². The summed E-state index contributed by atoms with van der Waals surface area (Å²) >= 11 is 0. The van der Waals surface area contributed by atoms with Crippen LogP contribution in [0.1, 0.15) is 44.1 Å². The summed E-state index contributed by atoms with van der Waals surface area (Å²) < 4.78 is 1.81. The van der Waals surface area contributed by atoms with Crippen molar-refractivity contribution in [1.82, 2.24) is 15.1 Å². The Morgan fingerprint density at radius 3 is 2.79 bits per heavy atom. The molecule has 1 aromatic heterocycles. The number of guanidine groups is 1. The van der Waals surface area contributed by atoms with E-state index in [-0.39, 0.29) is 0 Å². The lowest BCUT2D eigenvalue weighted by Gasteiger charge is -2.16. The average Bonchev–Trinajstić information content (AvgIpc) is 2.63. The number of nitrogens with zero attached hydrogens (tertiary/aromatic N) is 3. The summed E-state index contributed by atoms with van der Waals surface area (Å²) in [5.41, 5.74) is 7.15. The van der Waals surface area contributed by atoms with Gasteiger partial charge < -0.3 is 11.1 Å². The van der Waals surface area contributed by atoms with Crippen molar-refractivity contribution in [3.8, 4) is 0 Å². The van der Waals surface area contributed by atoms with Gasteiger partial charge in [0.2, 0.25) is 0 Å². The molecule has 1 aliphatic carbocycles. The first-order valence-electron chi connectivity index (χ1n) is 7.28. The van der Waals surface area contributed by atoms with E-state index >= 15 is 0 Å². The van der Waals surface area contributed by atoms with Gasteiger partial charge in [-0.1, -0.05) is 25.7 Å². The summed E-state index contributed by atoms with van der Waals surface area (Å²) in [5.74, 6) is 0.593. The molecule has 1 aliphatic rings. The number of nitrogens with two attached hydrogens (primary N) is 1. The van der Waals surface area contributed by atoms with Crippen LogP contribution in [0.5, 0.6) is 0 Å². The molecule has 0 aliphatic heterocycles. The summed E-state index contributed by atoms with van der Waals surface area (Å²) in [4.78, 5) is 4.40. The van der Waals surface area contributed by atoms with E-state index in [2.05, 4.69) is 15.4 Å². The normalized spacial score (nSPS) is 18.3. The molecule has 0 saturated heterocycles. The molecule has 5 nitrogen and oxygen atoms in total. The van der Waals surface area contributed by atoms with E-state index < -0.39 is 0 Å². The summed E-state index contributed by atoms with van der Waals surface area (Å²) in [6, 6.07) is 0.518. The van der Waals surface area contributed by atoms with Gasteiger partial charge in [0, 0.05) is 25.8 Å². The predicted molar refractivity (Wildman–Crippen MR) is 78.0 cm³/mol. The van der Waals surface area contributed by atoms with Crippen molar-refractivity contribution < 1.29 is 0 Å². The van der Waals surface area contributed by atoms with Crippen molar-refractivity contribution in [3.63, 3.8) is 0 Å². The van der Waals surface area contributed by atoms with Gasteiger partial charge in [0.1, 0.15) is 0 Å². The Bertz CT molecular complexity index is 402. The second kappa shape index (κ2) is 7.16. The van der Waals surface area contributed by atoms with E-state index in [1.807, 2.05) is 24.1 Å². The molecule has 3 N–H and O–H groups in total. The topological polar surface area (TPSA) is 68.2 Å². The van der Waals surface area contributed by atoms with Gasteiger partial charge in [-0.25, -0.2) is 0 Å². The molecule has 0 amide bonds. The van der Waals surface area contributed by atoms with Crippen LogP contribution in [0.2, 0.25) is 0 Å². The fraction of sp³-hybridized carbons (Fsp3) is 0.714. The van der Waals surface area contributed by atoms with Crippen molar-refractivity contribution in [3.05, 3.63) is 18.0 Å². The Labute approximate surface area is 115 Å². The molecule has 0 spiro atoms. The SMILES string of the molecule is Cn1cc(CCN=C(N)NC2CCCCCC2)cn1. The zero-order valence-corrected chi connectivity index (χ0v) is 11.8. The molecule has 1 heterocycles. The molecule has 1 aromatic rings. The molecule has 19 heavy (non-hydrogen) atoms. The van der Waals surface area contributed by atoms with Crippen LogP contribution < -0.4 is 11.1 Å². The van der Waals surface area contributed by atoms with Gasteiger partial charge in [0.25, 0.3) is 0 Å². The number of rotatable bonds is 4. The Balaban J connectivity index is 1.72. The van der Waals surface area contributed by atoms with Crippen molar-refractivity contribution in [2.75, 3.05) is 6.54 Å². The van der Waals surface area contributed by atoms with Crippen LogP contribution in [0.25, 0.3) is 0 Å². The monoisotopic (exact) mass is 263 g/mol. The third-order valence-electron chi connectivity index (χ3n) is 3.65. The van der Waals surface area contributed by atoms with E-state index in [1.165, 1.54) is 44.1 Å². The minimum atomic E-state index is 0.518.